The molecule has 2 aromatic heterocycles. The molecule has 0 bridgehead atoms. The van der Waals surface area contributed by atoms with Crippen LogP contribution in [-0.4, -0.2) is 26.3 Å². The van der Waals surface area contributed by atoms with Gasteiger partial charge in [-0.2, -0.15) is 5.10 Å². The zero-order chi connectivity index (χ0) is 19.0. The summed E-state index contributed by atoms with van der Waals surface area (Å²) in [7, 11) is 0. The summed E-state index contributed by atoms with van der Waals surface area (Å²) in [6, 6.07) is 9.47. The number of anilines is 3. The van der Waals surface area contributed by atoms with Gasteiger partial charge in [0.15, 0.2) is 0 Å². The lowest BCUT2D eigenvalue weighted by atomic mass is 10.1. The number of aryl methyl sites for hydroxylation is 1. The van der Waals surface area contributed by atoms with Crippen molar-refractivity contribution in [2.24, 2.45) is 0 Å². The Morgan fingerprint density at radius 2 is 2.07 bits per heavy atom. The number of aromatic amines is 1. The van der Waals surface area contributed by atoms with Crippen molar-refractivity contribution in [1.82, 2.24) is 20.4 Å². The highest BCUT2D eigenvalue weighted by molar-refractivity contribution is 7.18. The number of nitrogens with zero attached hydrogens (tertiary/aromatic N) is 3. The predicted molar refractivity (Wildman–Crippen MR) is 109 cm³/mol. The van der Waals surface area contributed by atoms with Crippen LogP contribution in [0.15, 0.2) is 36.5 Å². The minimum Gasteiger partial charge on any atom is -0.329 e. The van der Waals surface area contributed by atoms with E-state index in [1.807, 2.05) is 37.3 Å². The van der Waals surface area contributed by atoms with Gasteiger partial charge in [0.25, 0.3) is 0 Å². The van der Waals surface area contributed by atoms with Crippen molar-refractivity contribution >= 4 is 56.3 Å². The average Bonchev–Trinajstić information content (AvgIpc) is 3.28. The fourth-order valence-electron chi connectivity index (χ4n) is 2.71. The maximum Gasteiger partial charge on any atom is 0.221 e. The quantitative estimate of drug-likeness (QED) is 0.461. The molecule has 9 heteroatoms. The number of halogens is 1. The van der Waals surface area contributed by atoms with Gasteiger partial charge in [0, 0.05) is 23.6 Å². The van der Waals surface area contributed by atoms with Gasteiger partial charge in [0.1, 0.15) is 5.01 Å². The Kier molecular flexibility index (Phi) is 4.51. The third-order valence-electron chi connectivity index (χ3n) is 4.01. The summed E-state index contributed by atoms with van der Waals surface area (Å²) in [5.74, 6) is -0.117. The first kappa shape index (κ1) is 17.4. The topological polar surface area (TPSA) is 95.6 Å². The number of nitrogens with one attached hydrogen (secondary N) is 3. The first-order valence-electron chi connectivity index (χ1n) is 8.12. The van der Waals surface area contributed by atoms with Gasteiger partial charge in [-0.1, -0.05) is 29.0 Å². The van der Waals surface area contributed by atoms with Crippen molar-refractivity contribution in [2.45, 2.75) is 13.8 Å². The fourth-order valence-corrected chi connectivity index (χ4v) is 3.81. The molecule has 0 fully saturated rings. The Morgan fingerprint density at radius 3 is 2.89 bits per heavy atom. The first-order valence-corrected chi connectivity index (χ1v) is 9.31. The van der Waals surface area contributed by atoms with Crippen molar-refractivity contribution in [3.8, 4) is 10.6 Å². The van der Waals surface area contributed by atoms with E-state index < -0.39 is 0 Å². The fraction of sp³-hybridized carbons (Fsp3) is 0.111. The van der Waals surface area contributed by atoms with E-state index in [-0.39, 0.29) is 5.91 Å². The maximum absolute atomic E-state index is 11.3. The molecule has 0 aliphatic carbocycles. The van der Waals surface area contributed by atoms with Gasteiger partial charge in [-0.25, -0.2) is 0 Å². The minimum atomic E-state index is -0.117. The summed E-state index contributed by atoms with van der Waals surface area (Å²) in [5, 5.41) is 24.2. The van der Waals surface area contributed by atoms with E-state index in [2.05, 4.69) is 31.0 Å². The highest BCUT2D eigenvalue weighted by Gasteiger charge is 2.13. The van der Waals surface area contributed by atoms with Crippen LogP contribution < -0.4 is 10.6 Å². The summed E-state index contributed by atoms with van der Waals surface area (Å²) in [5.41, 5.74) is 4.29. The van der Waals surface area contributed by atoms with Crippen molar-refractivity contribution in [3.05, 3.63) is 47.1 Å². The Bertz CT molecular complexity index is 1150. The predicted octanol–water partition coefficient (Wildman–Crippen LogP) is 4.75. The molecule has 0 saturated carbocycles. The third-order valence-corrected chi connectivity index (χ3v) is 5.29. The Morgan fingerprint density at radius 1 is 1.22 bits per heavy atom. The lowest BCUT2D eigenvalue weighted by Crippen LogP contribution is -2.05. The number of rotatable bonds is 4. The standard InChI is InChI=1S/C18H15ClN6OS/c1-9-3-4-11(21-10(2)26)7-12(9)17-24-25-18(27-17)22-15-6-5-14-13(16(15)19)8-20-23-14/h3-8H,1-2H3,(H,20,23)(H,21,26)(H,22,25). The summed E-state index contributed by atoms with van der Waals surface area (Å²) in [6.45, 7) is 3.47. The number of carbonyl (C=O) groups is 1. The van der Waals surface area contributed by atoms with Crippen LogP contribution in [0, 0.1) is 6.92 Å². The van der Waals surface area contributed by atoms with Gasteiger partial charge >= 0.3 is 0 Å². The van der Waals surface area contributed by atoms with E-state index in [9.17, 15) is 4.79 Å². The Hall–Kier alpha value is -2.97. The second-order valence-electron chi connectivity index (χ2n) is 6.01. The Balaban J connectivity index is 1.63. The van der Waals surface area contributed by atoms with Crippen molar-refractivity contribution < 1.29 is 4.79 Å². The number of benzene rings is 2. The maximum atomic E-state index is 11.3. The van der Waals surface area contributed by atoms with Gasteiger partial charge in [-0.05, 0) is 36.8 Å². The summed E-state index contributed by atoms with van der Waals surface area (Å²) >= 11 is 7.86. The number of H-pyrrole nitrogens is 1. The van der Waals surface area contributed by atoms with E-state index in [1.165, 1.54) is 18.3 Å². The molecule has 4 aromatic rings. The zero-order valence-electron chi connectivity index (χ0n) is 14.5. The second-order valence-corrected chi connectivity index (χ2v) is 7.36. The molecule has 136 valence electrons. The van der Waals surface area contributed by atoms with Gasteiger partial charge in [0.2, 0.25) is 11.0 Å². The third kappa shape index (κ3) is 3.49. The van der Waals surface area contributed by atoms with Crippen LogP contribution in [0.1, 0.15) is 12.5 Å². The molecule has 0 radical (unpaired) electrons. The van der Waals surface area contributed by atoms with Gasteiger partial charge in [-0.15, -0.1) is 10.2 Å². The van der Waals surface area contributed by atoms with Crippen LogP contribution in [0.4, 0.5) is 16.5 Å². The van der Waals surface area contributed by atoms with E-state index in [0.29, 0.717) is 10.2 Å². The van der Waals surface area contributed by atoms with E-state index in [0.717, 1.165) is 38.4 Å². The molecule has 0 unspecified atom stereocenters. The molecule has 7 nitrogen and oxygen atoms in total. The molecule has 1 amide bonds. The molecule has 4 rings (SSSR count). The number of aromatic nitrogens is 4. The molecule has 27 heavy (non-hydrogen) atoms. The van der Waals surface area contributed by atoms with E-state index >= 15 is 0 Å². The second kappa shape index (κ2) is 6.98. The molecule has 0 atom stereocenters. The summed E-state index contributed by atoms with van der Waals surface area (Å²) in [4.78, 5) is 11.3. The van der Waals surface area contributed by atoms with Crippen LogP contribution >= 0.6 is 22.9 Å². The van der Waals surface area contributed by atoms with Crippen LogP contribution in [0.3, 0.4) is 0 Å². The SMILES string of the molecule is CC(=O)Nc1ccc(C)c(-c2nnc(Nc3ccc4[nH]ncc4c3Cl)s2)c1. The molecule has 3 N–H and O–H groups in total. The van der Waals surface area contributed by atoms with Crippen LogP contribution in [0.2, 0.25) is 5.02 Å². The smallest absolute Gasteiger partial charge is 0.221 e. The zero-order valence-corrected chi connectivity index (χ0v) is 16.1. The largest absolute Gasteiger partial charge is 0.329 e. The molecule has 0 saturated heterocycles. The summed E-state index contributed by atoms with van der Waals surface area (Å²) in [6.07, 6.45) is 1.69. The van der Waals surface area contributed by atoms with Crippen molar-refractivity contribution in [1.29, 1.82) is 0 Å². The molecule has 2 aromatic carbocycles. The molecule has 0 spiro atoms. The molecule has 2 heterocycles. The lowest BCUT2D eigenvalue weighted by molar-refractivity contribution is -0.114. The number of amides is 1. The number of fused-ring (bicyclic) bond motifs is 1. The normalized spacial score (nSPS) is 10.9. The van der Waals surface area contributed by atoms with Gasteiger partial charge in [0.05, 0.1) is 22.4 Å². The van der Waals surface area contributed by atoms with E-state index in [1.54, 1.807) is 6.20 Å². The number of hydrogen-bond acceptors (Lipinski definition) is 6. The Labute approximate surface area is 163 Å². The van der Waals surface area contributed by atoms with Gasteiger partial charge < -0.3 is 10.6 Å². The molecular formula is C18H15ClN6OS. The van der Waals surface area contributed by atoms with Crippen LogP contribution in [0.5, 0.6) is 0 Å². The minimum absolute atomic E-state index is 0.117. The van der Waals surface area contributed by atoms with Crippen molar-refractivity contribution in [3.63, 3.8) is 0 Å². The number of hydrogen-bond donors (Lipinski definition) is 3. The van der Waals surface area contributed by atoms with E-state index in [4.69, 9.17) is 11.6 Å². The number of carbonyl (C=O) groups excluding carboxylic acids is 1. The summed E-state index contributed by atoms with van der Waals surface area (Å²) < 4.78 is 0. The van der Waals surface area contributed by atoms with Crippen LogP contribution in [0.25, 0.3) is 21.5 Å². The highest BCUT2D eigenvalue weighted by atomic mass is 35.5. The molecule has 0 aliphatic rings. The van der Waals surface area contributed by atoms with Crippen LogP contribution in [-0.2, 0) is 4.79 Å². The first-order chi connectivity index (χ1) is 13.0. The monoisotopic (exact) mass is 398 g/mol. The van der Waals surface area contributed by atoms with Gasteiger partial charge in [-0.3, -0.25) is 9.89 Å². The molecular weight excluding hydrogens is 384 g/mol. The lowest BCUT2D eigenvalue weighted by Gasteiger charge is -2.07. The van der Waals surface area contributed by atoms with Crippen molar-refractivity contribution in [2.75, 3.05) is 10.6 Å². The molecule has 0 aliphatic heterocycles. The highest BCUT2D eigenvalue weighted by Crippen LogP contribution is 2.35. The average molecular weight is 399 g/mol.